The summed E-state index contributed by atoms with van der Waals surface area (Å²) in [5, 5.41) is 10.4. The average Bonchev–Trinajstić information content (AvgIpc) is 3.82. The number of benzene rings is 9. The van der Waals surface area contributed by atoms with E-state index in [2.05, 4.69) is 121 Å². The lowest BCUT2D eigenvalue weighted by atomic mass is 9.91. The Hall–Kier alpha value is -7.08. The van der Waals surface area contributed by atoms with Gasteiger partial charge in [0, 0.05) is 15.5 Å². The monoisotopic (exact) mass is 720 g/mol. The fraction of sp³-hybridized carbons (Fsp3) is 0. The lowest BCUT2D eigenvalue weighted by Crippen LogP contribution is -2.11. The van der Waals surface area contributed by atoms with Crippen LogP contribution in [0.1, 0.15) is 0 Å². The average molecular weight is 721 g/mol. The first-order valence-electron chi connectivity index (χ1n) is 18.4. The number of rotatable bonds is 3. The summed E-state index contributed by atoms with van der Waals surface area (Å²) in [6.45, 7) is 0. The molecule has 12 aromatic rings. The quantitative estimate of drug-likeness (QED) is 0.171. The van der Waals surface area contributed by atoms with E-state index in [4.69, 9.17) is 9.40 Å². The van der Waals surface area contributed by atoms with Gasteiger partial charge in [0.15, 0.2) is 4.96 Å². The lowest BCUT2D eigenvalue weighted by molar-refractivity contribution is 0.669. The first kappa shape index (κ1) is 30.4. The molecule has 0 aliphatic carbocycles. The minimum atomic E-state index is -0.0568. The van der Waals surface area contributed by atoms with Crippen molar-refractivity contribution in [1.29, 1.82) is 0 Å². The normalized spacial score (nSPS) is 12.1. The number of hydrogen-bond donors (Lipinski definition) is 0. The molecule has 0 saturated carbocycles. The van der Waals surface area contributed by atoms with Crippen LogP contribution in [0.4, 0.5) is 0 Å². The number of para-hydroxylation sites is 2. The Labute approximate surface area is 317 Å². The summed E-state index contributed by atoms with van der Waals surface area (Å²) >= 11 is 1.54. The van der Waals surface area contributed by atoms with E-state index in [0.29, 0.717) is 10.3 Å². The summed E-state index contributed by atoms with van der Waals surface area (Å²) in [5.41, 5.74) is 9.83. The highest BCUT2D eigenvalue weighted by Gasteiger charge is 2.17. The molecule has 0 amide bonds. The zero-order chi connectivity index (χ0) is 36.2. The van der Waals surface area contributed by atoms with E-state index >= 15 is 0 Å². The molecule has 0 N–H and O–H groups in total. The highest BCUT2D eigenvalue weighted by atomic mass is 32.1. The number of furan rings is 1. The second-order valence-corrected chi connectivity index (χ2v) is 15.3. The predicted octanol–water partition coefficient (Wildman–Crippen LogP) is 13.4. The number of hydrogen-bond acceptors (Lipinski definition) is 4. The molecule has 256 valence electrons. The van der Waals surface area contributed by atoms with Gasteiger partial charge in [-0.05, 0) is 120 Å². The van der Waals surface area contributed by atoms with Crippen molar-refractivity contribution in [3.05, 3.63) is 180 Å². The van der Waals surface area contributed by atoms with Crippen molar-refractivity contribution in [2.75, 3.05) is 0 Å². The van der Waals surface area contributed by atoms with Crippen LogP contribution >= 0.6 is 11.3 Å². The fourth-order valence-corrected chi connectivity index (χ4v) is 9.66. The molecule has 0 fully saturated rings. The van der Waals surface area contributed by atoms with Gasteiger partial charge in [0.2, 0.25) is 0 Å². The largest absolute Gasteiger partial charge is 0.456 e. The topological polar surface area (TPSA) is 47.5 Å². The van der Waals surface area contributed by atoms with Crippen LogP contribution in [0.2, 0.25) is 0 Å². The minimum Gasteiger partial charge on any atom is -0.456 e. The summed E-state index contributed by atoms with van der Waals surface area (Å²) in [7, 11) is 0. The first-order chi connectivity index (χ1) is 27.2. The minimum absolute atomic E-state index is 0.0568. The Kier molecular flexibility index (Phi) is 6.33. The molecule has 0 saturated heterocycles. The Bertz CT molecular complexity index is 3610. The van der Waals surface area contributed by atoms with Crippen LogP contribution in [0.15, 0.2) is 179 Å². The molecule has 3 aromatic heterocycles. The van der Waals surface area contributed by atoms with Gasteiger partial charge < -0.3 is 4.42 Å². The fourth-order valence-electron chi connectivity index (χ4n) is 8.65. The van der Waals surface area contributed by atoms with Gasteiger partial charge in [0.1, 0.15) is 11.2 Å². The molecular formula is C50H28N2O2S. The molecule has 55 heavy (non-hydrogen) atoms. The highest BCUT2D eigenvalue weighted by molar-refractivity contribution is 7.23. The molecule has 0 bridgehead atoms. The molecular weight excluding hydrogens is 693 g/mol. The van der Waals surface area contributed by atoms with Gasteiger partial charge in [0.05, 0.1) is 16.4 Å². The Morgan fingerprint density at radius 3 is 1.84 bits per heavy atom. The standard InChI is InChI=1S/C50H28N2O2S/c53-49-42-28-33(21-24-47(42)55-50-51-43-16-5-6-17-44(43)52(49)50)34-15-8-18-46-48(34)41-27-32(20-23-45(41)54-46)30-10-7-9-29(25-30)31-19-22-39-37-13-2-1-11-35(37)36-12-3-4-14-38(36)40(39)26-31/h1-28H. The van der Waals surface area contributed by atoms with Crippen molar-refractivity contribution in [2.45, 2.75) is 0 Å². The van der Waals surface area contributed by atoms with E-state index in [-0.39, 0.29) is 5.56 Å². The number of fused-ring (bicyclic) bond motifs is 13. The van der Waals surface area contributed by atoms with Crippen molar-refractivity contribution in [1.82, 2.24) is 9.38 Å². The molecule has 0 unspecified atom stereocenters. The van der Waals surface area contributed by atoms with E-state index in [9.17, 15) is 4.79 Å². The summed E-state index contributed by atoms with van der Waals surface area (Å²) in [4.78, 5) is 19.4. The van der Waals surface area contributed by atoms with Crippen LogP contribution in [0.25, 0.3) is 114 Å². The first-order valence-corrected chi connectivity index (χ1v) is 19.2. The molecule has 0 aliphatic rings. The van der Waals surface area contributed by atoms with Gasteiger partial charge in [-0.1, -0.05) is 127 Å². The van der Waals surface area contributed by atoms with E-state index in [0.717, 1.165) is 59.9 Å². The van der Waals surface area contributed by atoms with Crippen molar-refractivity contribution in [3.8, 4) is 33.4 Å². The summed E-state index contributed by atoms with van der Waals surface area (Å²) < 4.78 is 9.09. The molecule has 4 nitrogen and oxygen atoms in total. The molecule has 3 heterocycles. The van der Waals surface area contributed by atoms with Gasteiger partial charge in [0.25, 0.3) is 5.56 Å². The van der Waals surface area contributed by atoms with E-state index in [1.165, 1.54) is 54.8 Å². The van der Waals surface area contributed by atoms with Crippen LogP contribution in [-0.2, 0) is 0 Å². The summed E-state index contributed by atoms with van der Waals surface area (Å²) in [6, 6.07) is 59.7. The second-order valence-electron chi connectivity index (χ2n) is 14.3. The van der Waals surface area contributed by atoms with Gasteiger partial charge in [-0.3, -0.25) is 4.79 Å². The Morgan fingerprint density at radius 1 is 0.455 bits per heavy atom. The van der Waals surface area contributed by atoms with Crippen molar-refractivity contribution >= 4 is 91.7 Å². The summed E-state index contributed by atoms with van der Waals surface area (Å²) in [6.07, 6.45) is 0. The molecule has 0 atom stereocenters. The van der Waals surface area contributed by atoms with Crippen LogP contribution in [0.3, 0.4) is 0 Å². The van der Waals surface area contributed by atoms with E-state index < -0.39 is 0 Å². The van der Waals surface area contributed by atoms with Gasteiger partial charge in [-0.25, -0.2) is 9.38 Å². The van der Waals surface area contributed by atoms with Crippen molar-refractivity contribution in [3.63, 3.8) is 0 Å². The SMILES string of the molecule is O=c1c2cc(-c3cccc4oc5ccc(-c6cccc(-c7ccc8c9ccccc9c9ccccc9c8c7)c6)cc5c34)ccc2sc2nc3ccccc3n12. The highest BCUT2D eigenvalue weighted by Crippen LogP contribution is 2.41. The molecule has 5 heteroatoms. The van der Waals surface area contributed by atoms with E-state index in [1.807, 2.05) is 48.5 Å². The summed E-state index contributed by atoms with van der Waals surface area (Å²) in [5.74, 6) is 0. The van der Waals surface area contributed by atoms with E-state index in [1.54, 1.807) is 4.40 Å². The third-order valence-electron chi connectivity index (χ3n) is 11.2. The smallest absolute Gasteiger partial charge is 0.266 e. The third-order valence-corrected chi connectivity index (χ3v) is 12.3. The number of nitrogens with zero attached hydrogens (tertiary/aromatic N) is 2. The van der Waals surface area contributed by atoms with Gasteiger partial charge in [-0.15, -0.1) is 0 Å². The van der Waals surface area contributed by atoms with Crippen molar-refractivity contribution in [2.24, 2.45) is 0 Å². The van der Waals surface area contributed by atoms with Crippen LogP contribution in [-0.4, -0.2) is 9.38 Å². The predicted molar refractivity (Wildman–Crippen MR) is 230 cm³/mol. The molecule has 0 spiro atoms. The zero-order valence-corrected chi connectivity index (χ0v) is 30.1. The van der Waals surface area contributed by atoms with Gasteiger partial charge in [-0.2, -0.15) is 0 Å². The zero-order valence-electron chi connectivity index (χ0n) is 29.3. The molecule has 0 radical (unpaired) electrons. The second kappa shape index (κ2) is 11.5. The number of imidazole rings is 1. The maximum absolute atomic E-state index is 14.0. The maximum atomic E-state index is 14.0. The maximum Gasteiger partial charge on any atom is 0.266 e. The Balaban J connectivity index is 0.993. The van der Waals surface area contributed by atoms with Crippen LogP contribution in [0.5, 0.6) is 0 Å². The molecule has 12 rings (SSSR count). The number of aromatic nitrogens is 2. The molecule has 9 aromatic carbocycles. The van der Waals surface area contributed by atoms with Crippen LogP contribution in [0, 0.1) is 0 Å². The molecule has 0 aliphatic heterocycles. The lowest BCUT2D eigenvalue weighted by Gasteiger charge is -2.12. The Morgan fingerprint density at radius 2 is 1.05 bits per heavy atom. The van der Waals surface area contributed by atoms with Crippen molar-refractivity contribution < 1.29 is 4.42 Å². The van der Waals surface area contributed by atoms with Crippen LogP contribution < -0.4 is 5.56 Å². The third kappa shape index (κ3) is 4.51. The van der Waals surface area contributed by atoms with Gasteiger partial charge >= 0.3 is 0 Å².